The van der Waals surface area contributed by atoms with Crippen LogP contribution < -0.4 is 0 Å². The molecular formula is C53H33N5. The Morgan fingerprint density at radius 3 is 1.33 bits per heavy atom. The number of aromatic nitrogens is 5. The van der Waals surface area contributed by atoms with Crippen molar-refractivity contribution in [3.05, 3.63) is 200 Å². The van der Waals surface area contributed by atoms with Gasteiger partial charge in [0.2, 0.25) is 5.95 Å². The summed E-state index contributed by atoms with van der Waals surface area (Å²) >= 11 is 0. The Morgan fingerprint density at radius 2 is 0.741 bits per heavy atom. The van der Waals surface area contributed by atoms with Gasteiger partial charge in [-0.05, 0) is 81.2 Å². The van der Waals surface area contributed by atoms with Gasteiger partial charge in [0.05, 0.1) is 22.1 Å². The molecule has 3 heterocycles. The van der Waals surface area contributed by atoms with E-state index in [-0.39, 0.29) is 0 Å². The molecule has 58 heavy (non-hydrogen) atoms. The number of nitrogens with zero attached hydrogens (tertiary/aromatic N) is 5. The highest BCUT2D eigenvalue weighted by Gasteiger charge is 2.23. The lowest BCUT2D eigenvalue weighted by Crippen LogP contribution is -2.06. The van der Waals surface area contributed by atoms with Gasteiger partial charge in [-0.25, -0.2) is 4.98 Å². The molecule has 0 N–H and O–H groups in total. The van der Waals surface area contributed by atoms with Gasteiger partial charge < -0.3 is 4.57 Å². The molecular weight excluding hydrogens is 707 g/mol. The van der Waals surface area contributed by atoms with Gasteiger partial charge in [-0.15, -0.1) is 0 Å². The quantitative estimate of drug-likeness (QED) is 0.177. The second kappa shape index (κ2) is 12.8. The summed E-state index contributed by atoms with van der Waals surface area (Å²) in [6, 6.07) is 71.0. The lowest BCUT2D eigenvalue weighted by Gasteiger charge is -2.12. The summed E-state index contributed by atoms with van der Waals surface area (Å²) in [6.45, 7) is 0. The molecule has 0 amide bonds. The van der Waals surface area contributed by atoms with Gasteiger partial charge >= 0.3 is 0 Å². The number of para-hydroxylation sites is 2. The van der Waals surface area contributed by atoms with E-state index >= 15 is 0 Å². The fourth-order valence-corrected chi connectivity index (χ4v) is 8.83. The highest BCUT2D eigenvalue weighted by atomic mass is 15.2. The zero-order chi connectivity index (χ0) is 38.2. The van der Waals surface area contributed by atoms with Crippen LogP contribution in [0.3, 0.4) is 0 Å². The molecule has 12 rings (SSSR count). The number of hydrogen-bond acceptors (Lipinski definition) is 3. The van der Waals surface area contributed by atoms with Crippen LogP contribution >= 0.6 is 0 Å². The van der Waals surface area contributed by atoms with Crippen molar-refractivity contribution in [3.63, 3.8) is 0 Å². The smallest absolute Gasteiger partial charge is 0.238 e. The van der Waals surface area contributed by atoms with Crippen molar-refractivity contribution in [1.29, 1.82) is 0 Å². The monoisotopic (exact) mass is 739 g/mol. The van der Waals surface area contributed by atoms with Crippen LogP contribution in [0, 0.1) is 0 Å². The van der Waals surface area contributed by atoms with Gasteiger partial charge in [0, 0.05) is 38.4 Å². The molecule has 5 heteroatoms. The van der Waals surface area contributed by atoms with Crippen molar-refractivity contribution in [2.24, 2.45) is 0 Å². The van der Waals surface area contributed by atoms with Crippen molar-refractivity contribution in [3.8, 4) is 45.5 Å². The highest BCUT2D eigenvalue weighted by Crippen LogP contribution is 2.42. The van der Waals surface area contributed by atoms with Crippen LogP contribution in [0.5, 0.6) is 0 Å². The van der Waals surface area contributed by atoms with Gasteiger partial charge in [-0.3, -0.25) is 4.57 Å². The Morgan fingerprint density at radius 1 is 0.293 bits per heavy atom. The first-order valence-electron chi connectivity index (χ1n) is 19.6. The minimum Gasteiger partial charge on any atom is -0.309 e. The van der Waals surface area contributed by atoms with E-state index in [4.69, 9.17) is 15.0 Å². The maximum absolute atomic E-state index is 5.30. The summed E-state index contributed by atoms with van der Waals surface area (Å²) in [7, 11) is 0. The minimum atomic E-state index is 0.576. The standard InChI is InChI=1S/C53H33N5/c1-2-12-34(13-3-1)37-26-28-42(29-27-37)57-45-20-10-8-18-43(45)49-47(57)30-31-48-50(49)44-19-9-11-21-46(44)58(48)53-55-51(40-24-22-35-14-4-6-16-38(35)32-40)54-52(56-53)41-25-23-36-15-5-7-17-39(36)33-41/h1-33H. The molecule has 12 aromatic rings. The van der Waals surface area contributed by atoms with E-state index in [1.165, 1.54) is 38.1 Å². The van der Waals surface area contributed by atoms with Crippen molar-refractivity contribution >= 4 is 65.2 Å². The largest absolute Gasteiger partial charge is 0.309 e. The maximum atomic E-state index is 5.30. The Kier molecular flexibility index (Phi) is 7.16. The zero-order valence-corrected chi connectivity index (χ0v) is 31.3. The molecule has 0 aliphatic heterocycles. The van der Waals surface area contributed by atoms with Crippen LogP contribution in [0.1, 0.15) is 0 Å². The zero-order valence-electron chi connectivity index (χ0n) is 31.3. The molecule has 270 valence electrons. The molecule has 0 unspecified atom stereocenters. The van der Waals surface area contributed by atoms with Crippen molar-refractivity contribution in [1.82, 2.24) is 24.1 Å². The molecule has 0 radical (unpaired) electrons. The van der Waals surface area contributed by atoms with Gasteiger partial charge in [0.1, 0.15) is 0 Å². The molecule has 0 aliphatic rings. The van der Waals surface area contributed by atoms with Crippen molar-refractivity contribution in [2.75, 3.05) is 0 Å². The van der Waals surface area contributed by atoms with Gasteiger partial charge in [0.15, 0.2) is 11.6 Å². The van der Waals surface area contributed by atoms with E-state index in [1.54, 1.807) is 0 Å². The first-order chi connectivity index (χ1) is 28.7. The molecule has 9 aromatic carbocycles. The molecule has 0 saturated heterocycles. The SMILES string of the molecule is c1ccc(-c2ccc(-n3c4ccccc4c4c5c6ccccc6n(-c6nc(-c7ccc8ccccc8c7)nc(-c7ccc8ccccc8c7)n6)c5ccc43)cc2)cc1. The maximum Gasteiger partial charge on any atom is 0.238 e. The topological polar surface area (TPSA) is 48.5 Å². The third-order valence-electron chi connectivity index (χ3n) is 11.5. The summed E-state index contributed by atoms with van der Waals surface area (Å²) in [5.74, 6) is 1.83. The molecule has 0 fully saturated rings. The fraction of sp³-hybridized carbons (Fsp3) is 0. The van der Waals surface area contributed by atoms with Crippen LogP contribution in [0.25, 0.3) is 111 Å². The van der Waals surface area contributed by atoms with Crippen LogP contribution in [-0.2, 0) is 0 Å². The predicted octanol–water partition coefficient (Wildman–Crippen LogP) is 13.4. The van der Waals surface area contributed by atoms with Crippen LogP contribution in [-0.4, -0.2) is 24.1 Å². The Labute approximate surface area is 333 Å². The first-order valence-corrected chi connectivity index (χ1v) is 19.6. The average molecular weight is 740 g/mol. The molecule has 0 saturated carbocycles. The summed E-state index contributed by atoms with van der Waals surface area (Å²) in [5, 5.41) is 9.34. The molecule has 0 atom stereocenters. The van der Waals surface area contributed by atoms with E-state index in [1.807, 2.05) is 0 Å². The molecule has 5 nitrogen and oxygen atoms in total. The second-order valence-corrected chi connectivity index (χ2v) is 14.9. The lowest BCUT2D eigenvalue weighted by molar-refractivity contribution is 0.954. The Bertz CT molecular complexity index is 3460. The Hall–Kier alpha value is -7.89. The lowest BCUT2D eigenvalue weighted by atomic mass is 10.1. The minimum absolute atomic E-state index is 0.576. The van der Waals surface area contributed by atoms with Crippen molar-refractivity contribution in [2.45, 2.75) is 0 Å². The molecule has 0 spiro atoms. The number of fused-ring (bicyclic) bond motifs is 9. The van der Waals surface area contributed by atoms with E-state index in [0.717, 1.165) is 55.0 Å². The summed E-state index contributed by atoms with van der Waals surface area (Å²) in [4.78, 5) is 15.8. The van der Waals surface area contributed by atoms with Gasteiger partial charge in [0.25, 0.3) is 0 Å². The third-order valence-corrected chi connectivity index (χ3v) is 11.5. The van der Waals surface area contributed by atoms with E-state index in [0.29, 0.717) is 17.6 Å². The number of rotatable bonds is 5. The average Bonchev–Trinajstić information content (AvgIpc) is 3.82. The highest BCUT2D eigenvalue weighted by molar-refractivity contribution is 6.28. The van der Waals surface area contributed by atoms with Gasteiger partial charge in [-0.2, -0.15) is 9.97 Å². The number of hydrogen-bond donors (Lipinski definition) is 0. The van der Waals surface area contributed by atoms with Crippen molar-refractivity contribution < 1.29 is 0 Å². The summed E-state index contributed by atoms with van der Waals surface area (Å²) in [6.07, 6.45) is 0. The van der Waals surface area contributed by atoms with Crippen LogP contribution in [0.15, 0.2) is 200 Å². The summed E-state index contributed by atoms with van der Waals surface area (Å²) < 4.78 is 4.62. The van der Waals surface area contributed by atoms with E-state index in [2.05, 4.69) is 209 Å². The molecule has 0 aliphatic carbocycles. The number of benzene rings is 9. The van der Waals surface area contributed by atoms with Crippen LogP contribution in [0.4, 0.5) is 0 Å². The van der Waals surface area contributed by atoms with E-state index < -0.39 is 0 Å². The van der Waals surface area contributed by atoms with Gasteiger partial charge in [-0.1, -0.05) is 152 Å². The second-order valence-electron chi connectivity index (χ2n) is 14.9. The molecule has 3 aromatic heterocycles. The molecule has 0 bridgehead atoms. The van der Waals surface area contributed by atoms with Crippen LogP contribution in [0.2, 0.25) is 0 Å². The third kappa shape index (κ3) is 5.07. The first kappa shape index (κ1) is 32.4. The van der Waals surface area contributed by atoms with E-state index in [9.17, 15) is 0 Å². The normalized spacial score (nSPS) is 11.8. The Balaban J connectivity index is 1.12. The summed E-state index contributed by atoms with van der Waals surface area (Å²) in [5.41, 5.74) is 9.77. The fourth-order valence-electron chi connectivity index (χ4n) is 8.83. The predicted molar refractivity (Wildman–Crippen MR) is 240 cm³/mol.